The zero-order valence-corrected chi connectivity index (χ0v) is 19.2. The molecule has 8 N–H and O–H groups in total. The van der Waals surface area contributed by atoms with E-state index in [1.165, 1.54) is 11.6 Å². The SMILES string of the molecule is COc1ccc(C[C@@H](C)NC[C@@H](O)c2ccc(O)c(NC=O)c2)cc1.O=C(O)C(O)C(O)C(=O)O. The highest BCUT2D eigenvalue weighted by Crippen LogP contribution is 2.26. The summed E-state index contributed by atoms with van der Waals surface area (Å²) in [7, 11) is 1.64. The smallest absolute Gasteiger partial charge is 0.335 e. The first-order valence-corrected chi connectivity index (χ1v) is 10.4. The summed E-state index contributed by atoms with van der Waals surface area (Å²) in [5.41, 5.74) is 2.07. The number of carbonyl (C=O) groups is 3. The fourth-order valence-corrected chi connectivity index (χ4v) is 2.83. The van der Waals surface area contributed by atoms with E-state index >= 15 is 0 Å². The highest BCUT2D eigenvalue weighted by atomic mass is 16.5. The number of rotatable bonds is 12. The lowest BCUT2D eigenvalue weighted by Gasteiger charge is -2.18. The number of methoxy groups -OCH3 is 1. The number of carboxylic acid groups (broad SMARTS) is 2. The van der Waals surface area contributed by atoms with Crippen LogP contribution < -0.4 is 15.4 Å². The number of phenolic OH excluding ortho intramolecular Hbond substituents is 1. The molecule has 2 aromatic rings. The molecular formula is C23H30N2O10. The Kier molecular flexibility index (Phi) is 12.2. The van der Waals surface area contributed by atoms with Gasteiger partial charge in [-0.05, 0) is 48.7 Å². The largest absolute Gasteiger partial charge is 0.506 e. The number of aromatic hydroxyl groups is 1. The first kappa shape index (κ1) is 29.3. The van der Waals surface area contributed by atoms with E-state index in [1.54, 1.807) is 19.2 Å². The Labute approximate surface area is 201 Å². The van der Waals surface area contributed by atoms with Crippen LogP contribution in [-0.4, -0.2) is 80.9 Å². The number of hydrogen-bond donors (Lipinski definition) is 8. The van der Waals surface area contributed by atoms with Gasteiger partial charge in [0, 0.05) is 12.6 Å². The highest BCUT2D eigenvalue weighted by Gasteiger charge is 2.29. The van der Waals surface area contributed by atoms with Crippen LogP contribution in [0.2, 0.25) is 0 Å². The molecular weight excluding hydrogens is 464 g/mol. The van der Waals surface area contributed by atoms with Crippen LogP contribution in [0.3, 0.4) is 0 Å². The molecule has 0 aromatic heterocycles. The summed E-state index contributed by atoms with van der Waals surface area (Å²) < 4.78 is 5.14. The molecule has 0 saturated heterocycles. The van der Waals surface area contributed by atoms with Crippen LogP contribution in [0.1, 0.15) is 24.2 Å². The number of carbonyl (C=O) groups excluding carboxylic acids is 1. The number of nitrogens with one attached hydrogen (secondary N) is 2. The van der Waals surface area contributed by atoms with Gasteiger partial charge in [0.15, 0.2) is 12.2 Å². The quantitative estimate of drug-likeness (QED) is 0.147. The van der Waals surface area contributed by atoms with Crippen LogP contribution in [-0.2, 0) is 20.8 Å². The predicted octanol–water partition coefficient (Wildman–Crippen LogP) is 0.101. The van der Waals surface area contributed by atoms with Crippen molar-refractivity contribution < 1.29 is 49.8 Å². The minimum atomic E-state index is -2.27. The standard InChI is InChI=1S/C19H24N2O4.C4H6O6/c1-13(9-14-3-6-16(25-2)7-4-14)20-11-19(24)15-5-8-18(23)17(10-15)21-12-22;5-1(3(7)8)2(6)4(9)10/h3-8,10,12-13,19-20,23-24H,9,11H2,1-2H3,(H,21,22);1-2,5-6H,(H,7,8)(H,9,10)/t13-,19-;/m1./s1. The molecule has 0 heterocycles. The van der Waals surface area contributed by atoms with Gasteiger partial charge in [-0.1, -0.05) is 18.2 Å². The molecule has 12 heteroatoms. The summed E-state index contributed by atoms with van der Waals surface area (Å²) in [6.07, 6.45) is -3.97. The number of aliphatic hydroxyl groups excluding tert-OH is 3. The maximum atomic E-state index is 10.5. The van der Waals surface area contributed by atoms with Crippen LogP contribution in [0.5, 0.6) is 11.5 Å². The van der Waals surface area contributed by atoms with Crippen LogP contribution in [0.4, 0.5) is 5.69 Å². The molecule has 0 aliphatic heterocycles. The van der Waals surface area contributed by atoms with Crippen LogP contribution in [0.25, 0.3) is 0 Å². The second-order valence-electron chi connectivity index (χ2n) is 7.48. The van der Waals surface area contributed by atoms with Gasteiger partial charge in [0.25, 0.3) is 0 Å². The Morgan fingerprint density at radius 2 is 1.57 bits per heavy atom. The van der Waals surface area contributed by atoms with Crippen molar-refractivity contribution in [2.45, 2.75) is 37.7 Å². The average Bonchev–Trinajstić information content (AvgIpc) is 2.83. The molecule has 12 nitrogen and oxygen atoms in total. The van der Waals surface area contributed by atoms with Gasteiger partial charge in [0.2, 0.25) is 6.41 Å². The summed E-state index contributed by atoms with van der Waals surface area (Å²) in [5, 5.41) is 58.2. The van der Waals surface area contributed by atoms with Gasteiger partial charge in [-0.15, -0.1) is 0 Å². The van der Waals surface area contributed by atoms with Gasteiger partial charge in [-0.25, -0.2) is 9.59 Å². The van der Waals surface area contributed by atoms with E-state index in [0.717, 1.165) is 12.2 Å². The van der Waals surface area contributed by atoms with Crippen molar-refractivity contribution in [2.24, 2.45) is 0 Å². The van der Waals surface area contributed by atoms with Gasteiger partial charge >= 0.3 is 11.9 Å². The number of phenols is 1. The molecule has 1 amide bonds. The fourth-order valence-electron chi connectivity index (χ4n) is 2.83. The molecule has 0 aliphatic rings. The molecule has 0 fully saturated rings. The molecule has 4 atom stereocenters. The molecule has 2 unspecified atom stereocenters. The van der Waals surface area contributed by atoms with E-state index in [2.05, 4.69) is 10.6 Å². The van der Waals surface area contributed by atoms with E-state index in [0.29, 0.717) is 18.5 Å². The summed E-state index contributed by atoms with van der Waals surface area (Å²) >= 11 is 0. The number of anilines is 1. The van der Waals surface area contributed by atoms with E-state index in [4.69, 9.17) is 25.2 Å². The number of hydrogen-bond acceptors (Lipinski definition) is 9. The monoisotopic (exact) mass is 494 g/mol. The minimum absolute atomic E-state index is 0.0381. The number of aliphatic hydroxyl groups is 3. The van der Waals surface area contributed by atoms with Crippen molar-refractivity contribution in [3.05, 3.63) is 53.6 Å². The lowest BCUT2D eigenvalue weighted by molar-refractivity contribution is -0.165. The predicted molar refractivity (Wildman–Crippen MR) is 124 cm³/mol. The van der Waals surface area contributed by atoms with Crippen molar-refractivity contribution in [2.75, 3.05) is 19.0 Å². The van der Waals surface area contributed by atoms with Crippen molar-refractivity contribution in [1.82, 2.24) is 5.32 Å². The molecule has 0 spiro atoms. The number of benzene rings is 2. The van der Waals surface area contributed by atoms with E-state index in [9.17, 15) is 24.6 Å². The first-order chi connectivity index (χ1) is 16.5. The van der Waals surface area contributed by atoms with Gasteiger partial charge in [0.1, 0.15) is 11.5 Å². The topological polar surface area (TPSA) is 206 Å². The van der Waals surface area contributed by atoms with Gasteiger partial charge in [0.05, 0.1) is 18.9 Å². The van der Waals surface area contributed by atoms with Crippen LogP contribution in [0.15, 0.2) is 42.5 Å². The molecule has 0 aliphatic carbocycles. The lowest BCUT2D eigenvalue weighted by atomic mass is 10.1. The zero-order valence-electron chi connectivity index (χ0n) is 19.2. The lowest BCUT2D eigenvalue weighted by Crippen LogP contribution is -2.39. The summed E-state index contributed by atoms with van der Waals surface area (Å²) in [4.78, 5) is 30.1. The molecule has 2 aromatic carbocycles. The Morgan fingerprint density at radius 1 is 1.00 bits per heavy atom. The van der Waals surface area contributed by atoms with E-state index < -0.39 is 30.3 Å². The molecule has 0 saturated carbocycles. The molecule has 0 bridgehead atoms. The number of aliphatic carboxylic acids is 2. The molecule has 35 heavy (non-hydrogen) atoms. The summed E-state index contributed by atoms with van der Waals surface area (Å²) in [6, 6.07) is 12.7. The van der Waals surface area contributed by atoms with Crippen LogP contribution in [0, 0.1) is 0 Å². The average molecular weight is 494 g/mol. The van der Waals surface area contributed by atoms with Crippen molar-refractivity contribution in [1.29, 1.82) is 0 Å². The third-order valence-electron chi connectivity index (χ3n) is 4.79. The van der Waals surface area contributed by atoms with Gasteiger partial charge < -0.3 is 46.0 Å². The summed E-state index contributed by atoms with van der Waals surface area (Å²) in [6.45, 7) is 2.41. The maximum Gasteiger partial charge on any atom is 0.335 e. The second kappa shape index (κ2) is 14.5. The van der Waals surface area contributed by atoms with Crippen molar-refractivity contribution in [3.63, 3.8) is 0 Å². The van der Waals surface area contributed by atoms with E-state index in [-0.39, 0.29) is 17.5 Å². The molecule has 2 rings (SSSR count). The molecule has 0 radical (unpaired) electrons. The number of ether oxygens (including phenoxy) is 1. The molecule has 192 valence electrons. The third kappa shape index (κ3) is 9.98. The Bertz CT molecular complexity index is 949. The maximum absolute atomic E-state index is 10.5. The fraction of sp³-hybridized carbons (Fsp3) is 0.348. The van der Waals surface area contributed by atoms with Gasteiger partial charge in [-0.3, -0.25) is 4.79 Å². The Morgan fingerprint density at radius 3 is 2.06 bits per heavy atom. The third-order valence-corrected chi connectivity index (χ3v) is 4.79. The highest BCUT2D eigenvalue weighted by molar-refractivity contribution is 5.83. The van der Waals surface area contributed by atoms with Crippen molar-refractivity contribution >= 4 is 24.0 Å². The zero-order chi connectivity index (χ0) is 26.5. The van der Waals surface area contributed by atoms with Gasteiger partial charge in [-0.2, -0.15) is 0 Å². The van der Waals surface area contributed by atoms with E-state index in [1.807, 2.05) is 31.2 Å². The number of carboxylic acids is 2. The van der Waals surface area contributed by atoms with Crippen molar-refractivity contribution in [3.8, 4) is 11.5 Å². The normalized spacial score (nSPS) is 13.9. The Balaban J connectivity index is 0.000000518. The Hall–Kier alpha value is -3.71. The second-order valence-corrected chi connectivity index (χ2v) is 7.48. The first-order valence-electron chi connectivity index (χ1n) is 10.4. The summed E-state index contributed by atoms with van der Waals surface area (Å²) in [5.74, 6) is -2.75. The minimum Gasteiger partial charge on any atom is -0.506 e. The van der Waals surface area contributed by atoms with Crippen LogP contribution >= 0.6 is 0 Å². The number of amides is 1.